The first-order chi connectivity index (χ1) is 20.3. The van der Waals surface area contributed by atoms with Crippen LogP contribution in [0, 0.1) is 12.8 Å². The highest BCUT2D eigenvalue weighted by atomic mass is 32.2. The number of rotatable bonds is 10. The lowest BCUT2D eigenvalue weighted by Crippen LogP contribution is -2.50. The molecule has 13 heteroatoms. The number of carbonyl (C=O) groups excluding carboxylic acids is 1. The summed E-state index contributed by atoms with van der Waals surface area (Å²) in [5.41, 5.74) is 1.14. The molecular weight excluding hydrogens is 594 g/mol. The number of likely N-dealkylation sites (N-methyl/N-ethyl adjacent to an activating group) is 1. The summed E-state index contributed by atoms with van der Waals surface area (Å²) in [5.74, 6) is -0.0829. The first-order valence-corrected chi connectivity index (χ1v) is 16.6. The fourth-order valence-electron chi connectivity index (χ4n) is 4.71. The fourth-order valence-corrected chi connectivity index (χ4v) is 6.95. The Hall–Kier alpha value is -3.65. The zero-order valence-corrected chi connectivity index (χ0v) is 26.4. The molecule has 43 heavy (non-hydrogen) atoms. The molecule has 0 spiro atoms. The summed E-state index contributed by atoms with van der Waals surface area (Å²) in [6.07, 6.45) is -0.687. The van der Waals surface area contributed by atoms with E-state index in [-0.39, 0.29) is 52.4 Å². The third-order valence-electron chi connectivity index (χ3n) is 7.45. The number of benzene rings is 3. The number of ether oxygens (including phenoxy) is 2. The number of hydrogen-bond donors (Lipinski definition) is 2. The number of amides is 1. The minimum atomic E-state index is -3.94. The van der Waals surface area contributed by atoms with Crippen LogP contribution in [0.15, 0.2) is 76.5 Å². The second-order valence-corrected chi connectivity index (χ2v) is 14.4. The number of nitrogens with zero attached hydrogens (tertiary/aromatic N) is 2. The molecule has 0 radical (unpaired) electrons. The predicted octanol–water partition coefficient (Wildman–Crippen LogP) is 3.35. The lowest BCUT2D eigenvalue weighted by molar-refractivity contribution is 0.0387. The third kappa shape index (κ3) is 7.12. The van der Waals surface area contributed by atoms with Gasteiger partial charge in [0.2, 0.25) is 10.0 Å². The maximum absolute atomic E-state index is 13.7. The van der Waals surface area contributed by atoms with Gasteiger partial charge in [0.25, 0.3) is 15.9 Å². The molecule has 3 atom stereocenters. The zero-order valence-electron chi connectivity index (χ0n) is 24.7. The topological polar surface area (TPSA) is 143 Å². The summed E-state index contributed by atoms with van der Waals surface area (Å²) >= 11 is 0. The molecule has 11 nitrogen and oxygen atoms in total. The number of aryl methyl sites for hydroxylation is 1. The Kier molecular flexibility index (Phi) is 9.70. The molecule has 3 aromatic carbocycles. The second kappa shape index (κ2) is 12.9. The summed E-state index contributed by atoms with van der Waals surface area (Å²) in [4.78, 5) is 15.4. The highest BCUT2D eigenvalue weighted by Gasteiger charge is 2.35. The number of anilines is 1. The van der Waals surface area contributed by atoms with Crippen LogP contribution in [0.3, 0.4) is 0 Å². The van der Waals surface area contributed by atoms with E-state index in [0.29, 0.717) is 5.75 Å². The van der Waals surface area contributed by atoms with Gasteiger partial charge in [0.1, 0.15) is 17.6 Å². The van der Waals surface area contributed by atoms with E-state index < -0.39 is 38.1 Å². The van der Waals surface area contributed by atoms with Gasteiger partial charge in [-0.3, -0.25) is 9.52 Å². The smallest absolute Gasteiger partial charge is 0.261 e. The van der Waals surface area contributed by atoms with Crippen LogP contribution < -0.4 is 14.2 Å². The lowest BCUT2D eigenvalue weighted by Gasteiger charge is -2.38. The number of hydrogen-bond acceptors (Lipinski definition) is 8. The standard InChI is InChI=1S/C30H37N3O8S2/c1-20-6-11-25(12-7-20)42(36,37)31-23-8-15-28-27(16-23)30(35)33(22(3)19-34)17-21(2)29(41-28)18-32(4)43(38,39)26-13-9-24(40-5)10-14-26/h6-16,21-22,29,31,34H,17-19H2,1-5H3/t21-,22-,29-/m1/s1. The van der Waals surface area contributed by atoms with Gasteiger partial charge >= 0.3 is 0 Å². The van der Waals surface area contributed by atoms with Crippen molar-refractivity contribution in [1.29, 1.82) is 0 Å². The highest BCUT2D eigenvalue weighted by Crippen LogP contribution is 2.32. The number of aliphatic hydroxyl groups is 1. The molecule has 0 aromatic heterocycles. The number of aliphatic hydroxyl groups excluding tert-OH is 1. The van der Waals surface area contributed by atoms with Gasteiger partial charge in [0.05, 0.1) is 41.7 Å². The van der Waals surface area contributed by atoms with Crippen LogP contribution in [-0.4, -0.2) is 83.1 Å². The Morgan fingerprint density at radius 1 is 1.05 bits per heavy atom. The molecule has 2 N–H and O–H groups in total. The van der Waals surface area contributed by atoms with Crippen molar-refractivity contribution >= 4 is 31.6 Å². The van der Waals surface area contributed by atoms with Gasteiger partial charge in [-0.15, -0.1) is 0 Å². The zero-order chi connectivity index (χ0) is 31.5. The normalized spacial score (nSPS) is 18.3. The Morgan fingerprint density at radius 2 is 1.67 bits per heavy atom. The van der Waals surface area contributed by atoms with E-state index in [1.54, 1.807) is 31.2 Å². The van der Waals surface area contributed by atoms with Gasteiger partial charge in [-0.25, -0.2) is 16.8 Å². The van der Waals surface area contributed by atoms with Crippen molar-refractivity contribution in [2.24, 2.45) is 5.92 Å². The largest absolute Gasteiger partial charge is 0.497 e. The first-order valence-electron chi connectivity index (χ1n) is 13.7. The SMILES string of the molecule is COc1ccc(S(=O)(=O)N(C)C[C@H]2Oc3ccc(NS(=O)(=O)c4ccc(C)cc4)cc3C(=O)N([C@H](C)CO)C[C@H]2C)cc1. The lowest BCUT2D eigenvalue weighted by atomic mass is 9.99. The number of nitrogens with one attached hydrogen (secondary N) is 1. The van der Waals surface area contributed by atoms with Gasteiger partial charge in [-0.05, 0) is 68.4 Å². The highest BCUT2D eigenvalue weighted by molar-refractivity contribution is 7.92. The van der Waals surface area contributed by atoms with Crippen LogP contribution in [0.25, 0.3) is 0 Å². The van der Waals surface area contributed by atoms with Crippen LogP contribution >= 0.6 is 0 Å². The van der Waals surface area contributed by atoms with Crippen molar-refractivity contribution in [3.05, 3.63) is 77.9 Å². The summed E-state index contributed by atoms with van der Waals surface area (Å²) in [6.45, 7) is 5.23. The molecule has 0 aliphatic carbocycles. The van der Waals surface area contributed by atoms with Gasteiger partial charge in [0, 0.05) is 25.2 Å². The van der Waals surface area contributed by atoms with E-state index in [1.807, 2.05) is 13.8 Å². The van der Waals surface area contributed by atoms with Crippen LogP contribution in [0.2, 0.25) is 0 Å². The molecule has 0 fully saturated rings. The quantitative estimate of drug-likeness (QED) is 0.347. The predicted molar refractivity (Wildman–Crippen MR) is 162 cm³/mol. The molecule has 1 heterocycles. The van der Waals surface area contributed by atoms with Gasteiger partial charge in [-0.2, -0.15) is 4.31 Å². The summed E-state index contributed by atoms with van der Waals surface area (Å²) in [5, 5.41) is 9.92. The van der Waals surface area contributed by atoms with Crippen molar-refractivity contribution < 1.29 is 36.2 Å². The summed E-state index contributed by atoms with van der Waals surface area (Å²) in [6, 6.07) is 16.2. The maximum Gasteiger partial charge on any atom is 0.261 e. The molecule has 3 aromatic rings. The van der Waals surface area contributed by atoms with E-state index >= 15 is 0 Å². The molecular formula is C30H37N3O8S2. The van der Waals surface area contributed by atoms with E-state index in [1.165, 1.54) is 65.8 Å². The molecule has 1 aliphatic heterocycles. The number of fused-ring (bicyclic) bond motifs is 1. The van der Waals surface area contributed by atoms with Crippen LogP contribution in [0.4, 0.5) is 5.69 Å². The minimum absolute atomic E-state index is 0.0354. The summed E-state index contributed by atoms with van der Waals surface area (Å²) < 4.78 is 67.9. The Bertz CT molecular complexity index is 1660. The van der Waals surface area contributed by atoms with Crippen molar-refractivity contribution in [3.63, 3.8) is 0 Å². The Labute approximate surface area is 253 Å². The molecule has 0 saturated heterocycles. The first kappa shape index (κ1) is 32.3. The van der Waals surface area contributed by atoms with Crippen molar-refractivity contribution in [2.45, 2.75) is 42.7 Å². The van der Waals surface area contributed by atoms with E-state index in [0.717, 1.165) is 5.56 Å². The molecule has 0 saturated carbocycles. The number of sulfonamides is 2. The van der Waals surface area contributed by atoms with Crippen LogP contribution in [0.1, 0.15) is 29.8 Å². The molecule has 0 bridgehead atoms. The average molecular weight is 632 g/mol. The third-order valence-corrected chi connectivity index (χ3v) is 10.7. The van der Waals surface area contributed by atoms with Crippen molar-refractivity contribution in [3.8, 4) is 11.5 Å². The fraction of sp³-hybridized carbons (Fsp3) is 0.367. The monoisotopic (exact) mass is 631 g/mol. The van der Waals surface area contributed by atoms with Gasteiger partial charge < -0.3 is 19.5 Å². The molecule has 1 aliphatic rings. The van der Waals surface area contributed by atoms with Crippen molar-refractivity contribution in [1.82, 2.24) is 9.21 Å². The van der Waals surface area contributed by atoms with Gasteiger partial charge in [0.15, 0.2) is 0 Å². The molecule has 0 unspecified atom stereocenters. The minimum Gasteiger partial charge on any atom is -0.497 e. The Balaban J connectivity index is 1.67. The average Bonchev–Trinajstić information content (AvgIpc) is 2.98. The van der Waals surface area contributed by atoms with Crippen LogP contribution in [0.5, 0.6) is 11.5 Å². The van der Waals surface area contributed by atoms with E-state index in [4.69, 9.17) is 9.47 Å². The number of methoxy groups -OCH3 is 1. The maximum atomic E-state index is 13.7. The second-order valence-electron chi connectivity index (χ2n) is 10.7. The summed E-state index contributed by atoms with van der Waals surface area (Å²) in [7, 11) is -4.88. The molecule has 4 rings (SSSR count). The van der Waals surface area contributed by atoms with Crippen molar-refractivity contribution in [2.75, 3.05) is 38.6 Å². The number of carbonyl (C=O) groups is 1. The Morgan fingerprint density at radius 3 is 2.28 bits per heavy atom. The van der Waals surface area contributed by atoms with Gasteiger partial charge in [-0.1, -0.05) is 24.6 Å². The van der Waals surface area contributed by atoms with Crippen LogP contribution in [-0.2, 0) is 20.0 Å². The van der Waals surface area contributed by atoms with E-state index in [9.17, 15) is 26.7 Å². The molecule has 1 amide bonds. The molecule has 232 valence electrons. The van der Waals surface area contributed by atoms with E-state index in [2.05, 4.69) is 4.72 Å².